The number of carboxylic acid groups (broad SMARTS) is 1. The molecule has 13 nitrogen and oxygen atoms in total. The highest BCUT2D eigenvalue weighted by Crippen LogP contribution is 2.25. The average molecular weight is 606 g/mol. The third-order valence-electron chi connectivity index (χ3n) is 8.21. The summed E-state index contributed by atoms with van der Waals surface area (Å²) in [7, 11) is 1.96. The van der Waals surface area contributed by atoms with Crippen molar-refractivity contribution >= 4 is 19.6 Å². The van der Waals surface area contributed by atoms with Gasteiger partial charge in [-0.25, -0.2) is 0 Å². The summed E-state index contributed by atoms with van der Waals surface area (Å²) < 4.78 is 17.2. The van der Waals surface area contributed by atoms with Gasteiger partial charge in [0, 0.05) is 18.5 Å². The van der Waals surface area contributed by atoms with Crippen LogP contribution in [0.5, 0.6) is 0 Å². The van der Waals surface area contributed by atoms with Crippen LogP contribution in [0.2, 0.25) is 0 Å². The van der Waals surface area contributed by atoms with Gasteiger partial charge in [-0.2, -0.15) is 0 Å². The maximum Gasteiger partial charge on any atom is 0.303 e. The molecule has 8 atom stereocenters. The zero-order chi connectivity index (χ0) is 32.3. The van der Waals surface area contributed by atoms with Crippen molar-refractivity contribution in [2.24, 2.45) is 5.73 Å². The summed E-state index contributed by atoms with van der Waals surface area (Å²) >= 11 is 0. The van der Waals surface area contributed by atoms with Crippen LogP contribution in [0.15, 0.2) is 0 Å². The Bertz CT molecular complexity index is 830. The number of nitrogens with one attached hydrogen (secondary N) is 2. The quantitative estimate of drug-likeness (QED) is 0.0581. The van der Waals surface area contributed by atoms with Crippen molar-refractivity contribution in [3.05, 3.63) is 0 Å². The fourth-order valence-electron chi connectivity index (χ4n) is 4.90. The molecule has 42 heavy (non-hydrogen) atoms. The Kier molecular flexibility index (Phi) is 16.0. The standard InChI is InChI=1S/C28H56BN3O10/c1-7-19(30)32-17(10-11-20(33)34)24(38)28(8-2,9-3)31-14-12-27(6,29)40-15-13-26(4,5)41-16-18-21(35)22(36)23(37)25(39)42-18/h17-19,21-23,25,31-32,35-37,39H,7-16,29-30H2,1-6H3,(H,33,34). The van der Waals surface area contributed by atoms with E-state index in [1.807, 2.05) is 49.4 Å². The van der Waals surface area contributed by atoms with Gasteiger partial charge in [0.1, 0.15) is 32.3 Å². The van der Waals surface area contributed by atoms with Crippen LogP contribution in [0.1, 0.15) is 86.5 Å². The van der Waals surface area contributed by atoms with E-state index in [1.165, 1.54) is 0 Å². The second-order valence-corrected chi connectivity index (χ2v) is 12.5. The van der Waals surface area contributed by atoms with E-state index >= 15 is 0 Å². The van der Waals surface area contributed by atoms with Crippen LogP contribution in [-0.4, -0.2) is 124 Å². The van der Waals surface area contributed by atoms with Gasteiger partial charge in [0.25, 0.3) is 0 Å². The van der Waals surface area contributed by atoms with Crippen LogP contribution in [0.25, 0.3) is 0 Å². The number of nitrogens with two attached hydrogens (primary N) is 1. The number of aliphatic carboxylic acids is 1. The zero-order valence-corrected chi connectivity index (χ0v) is 26.5. The number of hydrogen-bond acceptors (Lipinski definition) is 12. The average Bonchev–Trinajstić information content (AvgIpc) is 2.92. The highest BCUT2D eigenvalue weighted by molar-refractivity contribution is 6.14. The molecule has 9 N–H and O–H groups in total. The Hall–Kier alpha value is -1.20. The first kappa shape index (κ1) is 38.8. The monoisotopic (exact) mass is 605 g/mol. The topological polar surface area (TPSA) is 213 Å². The smallest absolute Gasteiger partial charge is 0.303 e. The van der Waals surface area contributed by atoms with Gasteiger partial charge in [-0.3, -0.25) is 14.9 Å². The number of carbonyl (C=O) groups is 2. The second-order valence-electron chi connectivity index (χ2n) is 12.5. The Labute approximate surface area is 251 Å². The van der Waals surface area contributed by atoms with Crippen LogP contribution in [0.3, 0.4) is 0 Å². The summed E-state index contributed by atoms with van der Waals surface area (Å²) in [5.74, 6) is -1.05. The molecule has 1 aliphatic heterocycles. The fourth-order valence-corrected chi connectivity index (χ4v) is 4.90. The molecule has 0 amide bonds. The molecule has 8 unspecified atom stereocenters. The third-order valence-corrected chi connectivity index (χ3v) is 8.21. The Morgan fingerprint density at radius 3 is 2.17 bits per heavy atom. The van der Waals surface area contributed by atoms with E-state index < -0.39 is 65.5 Å². The summed E-state index contributed by atoms with van der Waals surface area (Å²) in [4.78, 5) is 24.9. The molecule has 246 valence electrons. The highest BCUT2D eigenvalue weighted by Gasteiger charge is 2.44. The van der Waals surface area contributed by atoms with E-state index in [0.717, 1.165) is 0 Å². The molecule has 0 aliphatic carbocycles. The van der Waals surface area contributed by atoms with Gasteiger partial charge >= 0.3 is 5.97 Å². The summed E-state index contributed by atoms with van der Waals surface area (Å²) in [6.07, 6.45) is -4.76. The molecule has 1 saturated heterocycles. The maximum absolute atomic E-state index is 13.7. The van der Waals surface area contributed by atoms with Crippen LogP contribution in [-0.2, 0) is 23.8 Å². The van der Waals surface area contributed by atoms with E-state index in [0.29, 0.717) is 45.3 Å². The summed E-state index contributed by atoms with van der Waals surface area (Å²) in [5, 5.41) is 55.1. The number of aliphatic hydroxyl groups is 4. The number of Topliss-reactive ketones (excluding diaryl/α,β-unsaturated/α-hetero) is 1. The van der Waals surface area contributed by atoms with E-state index in [4.69, 9.17) is 19.9 Å². The molecule has 14 heteroatoms. The van der Waals surface area contributed by atoms with E-state index in [1.54, 1.807) is 0 Å². The van der Waals surface area contributed by atoms with Crippen molar-refractivity contribution in [3.8, 4) is 0 Å². The van der Waals surface area contributed by atoms with Crippen molar-refractivity contribution in [1.29, 1.82) is 0 Å². The SMILES string of the molecule is BC(C)(CCNC(CC)(CC)C(=O)C(CCC(=O)O)NC(N)CC)OCCC(C)(C)OCC1OC(O)C(O)C(O)C1O. The summed E-state index contributed by atoms with van der Waals surface area (Å²) in [6.45, 7) is 12.2. The molecular formula is C28H56BN3O10. The minimum atomic E-state index is -1.62. The lowest BCUT2D eigenvalue weighted by Crippen LogP contribution is -2.60. The molecule has 0 aromatic carbocycles. The van der Waals surface area contributed by atoms with Crippen molar-refractivity contribution < 1.29 is 49.3 Å². The van der Waals surface area contributed by atoms with E-state index in [-0.39, 0.29) is 25.2 Å². The van der Waals surface area contributed by atoms with Gasteiger partial charge in [0.2, 0.25) is 0 Å². The van der Waals surface area contributed by atoms with Crippen molar-refractivity contribution in [2.45, 2.75) is 146 Å². The largest absolute Gasteiger partial charge is 0.481 e. The number of hydrogen-bond donors (Lipinski definition) is 8. The van der Waals surface area contributed by atoms with E-state index in [9.17, 15) is 35.1 Å². The molecule has 0 bridgehead atoms. The zero-order valence-electron chi connectivity index (χ0n) is 26.5. The van der Waals surface area contributed by atoms with Gasteiger partial charge in [-0.1, -0.05) is 20.8 Å². The molecular weight excluding hydrogens is 549 g/mol. The van der Waals surface area contributed by atoms with Crippen molar-refractivity contribution in [3.63, 3.8) is 0 Å². The Morgan fingerprint density at radius 1 is 1.00 bits per heavy atom. The van der Waals surface area contributed by atoms with Crippen LogP contribution in [0.4, 0.5) is 0 Å². The first-order valence-electron chi connectivity index (χ1n) is 15.1. The van der Waals surface area contributed by atoms with Crippen molar-refractivity contribution in [1.82, 2.24) is 10.6 Å². The molecule has 0 aromatic rings. The number of carbonyl (C=O) groups excluding carboxylic acids is 1. The normalized spacial score (nSPS) is 26.4. The predicted octanol–water partition coefficient (Wildman–Crippen LogP) is -1.04. The number of rotatable bonds is 21. The fraction of sp³-hybridized carbons (Fsp3) is 0.929. The Balaban J connectivity index is 2.66. The number of ketones is 1. The van der Waals surface area contributed by atoms with Gasteiger partial charge in [0.05, 0.1) is 30.0 Å². The molecule has 0 spiro atoms. The molecule has 1 fully saturated rings. The third kappa shape index (κ3) is 12.1. The van der Waals surface area contributed by atoms with Crippen LogP contribution in [0, 0.1) is 0 Å². The van der Waals surface area contributed by atoms with Gasteiger partial charge in [-0.15, -0.1) is 0 Å². The van der Waals surface area contributed by atoms with E-state index in [2.05, 4.69) is 10.6 Å². The summed E-state index contributed by atoms with van der Waals surface area (Å²) in [5.41, 5.74) is 4.02. The number of carboxylic acids is 1. The minimum Gasteiger partial charge on any atom is -0.481 e. The minimum absolute atomic E-state index is 0.0862. The molecule has 0 aromatic heterocycles. The predicted molar refractivity (Wildman–Crippen MR) is 159 cm³/mol. The molecule has 0 saturated carbocycles. The molecule has 1 heterocycles. The van der Waals surface area contributed by atoms with Gasteiger partial charge in [0.15, 0.2) is 12.1 Å². The van der Waals surface area contributed by atoms with Crippen LogP contribution < -0.4 is 16.4 Å². The van der Waals surface area contributed by atoms with Crippen LogP contribution >= 0.6 is 0 Å². The first-order chi connectivity index (χ1) is 19.4. The number of ether oxygens (including phenoxy) is 3. The lowest BCUT2D eigenvalue weighted by atomic mass is 9.79. The van der Waals surface area contributed by atoms with Gasteiger partial charge < -0.3 is 50.8 Å². The molecule has 1 rings (SSSR count). The summed E-state index contributed by atoms with van der Waals surface area (Å²) in [6, 6.07) is -0.674. The maximum atomic E-state index is 13.7. The lowest BCUT2D eigenvalue weighted by molar-refractivity contribution is -0.292. The number of aliphatic hydroxyl groups excluding tert-OH is 4. The lowest BCUT2D eigenvalue weighted by Gasteiger charge is -2.39. The van der Waals surface area contributed by atoms with Crippen molar-refractivity contribution in [2.75, 3.05) is 19.8 Å². The first-order valence-corrected chi connectivity index (χ1v) is 15.1. The highest BCUT2D eigenvalue weighted by atomic mass is 16.6. The Morgan fingerprint density at radius 2 is 1.62 bits per heavy atom. The second kappa shape index (κ2) is 17.3. The van der Waals surface area contributed by atoms with Gasteiger partial charge in [-0.05, 0) is 65.8 Å². The molecule has 0 radical (unpaired) electrons. The molecule has 1 aliphatic rings.